The molecule has 316 valence electrons. The second-order valence-electron chi connectivity index (χ2n) is 15.7. The van der Waals surface area contributed by atoms with Gasteiger partial charge in [0.25, 0.3) is 0 Å². The lowest BCUT2D eigenvalue weighted by molar-refractivity contribution is -0.167. The summed E-state index contributed by atoms with van der Waals surface area (Å²) in [6.45, 7) is 6.54. The molecule has 0 aliphatic carbocycles. The molecule has 0 amide bonds. The number of hydrogen-bond acceptors (Lipinski definition) is 6. The van der Waals surface area contributed by atoms with Crippen LogP contribution in [0.25, 0.3) is 0 Å². The largest absolute Gasteiger partial charge is 0.462 e. The minimum absolute atomic E-state index is 0.0765. The highest BCUT2D eigenvalue weighted by atomic mass is 16.6. The maximum atomic E-state index is 12.7. The Balaban J connectivity index is 4.30. The Bertz CT molecular complexity index is 880. The number of esters is 3. The molecule has 0 rings (SSSR count). The molecule has 6 nitrogen and oxygen atoms in total. The van der Waals surface area contributed by atoms with E-state index in [4.69, 9.17) is 14.2 Å². The van der Waals surface area contributed by atoms with E-state index in [1.807, 2.05) is 0 Å². The third-order valence-electron chi connectivity index (χ3n) is 10.2. The van der Waals surface area contributed by atoms with Crippen molar-refractivity contribution in [3.63, 3.8) is 0 Å². The number of carbonyl (C=O) groups is 3. The van der Waals surface area contributed by atoms with E-state index in [2.05, 4.69) is 45.1 Å². The molecular formula is C48H88O6. The second-order valence-corrected chi connectivity index (χ2v) is 15.7. The molecule has 0 aliphatic rings. The third kappa shape index (κ3) is 41.1. The molecule has 0 saturated carbocycles. The smallest absolute Gasteiger partial charge is 0.306 e. The van der Waals surface area contributed by atoms with E-state index in [0.29, 0.717) is 19.3 Å². The zero-order valence-corrected chi connectivity index (χ0v) is 36.0. The van der Waals surface area contributed by atoms with Crippen LogP contribution in [0.5, 0.6) is 0 Å². The van der Waals surface area contributed by atoms with Gasteiger partial charge in [0.2, 0.25) is 0 Å². The van der Waals surface area contributed by atoms with Crippen molar-refractivity contribution in [2.24, 2.45) is 0 Å². The summed E-state index contributed by atoms with van der Waals surface area (Å²) >= 11 is 0. The molecule has 0 bridgehead atoms. The molecule has 0 N–H and O–H groups in total. The van der Waals surface area contributed by atoms with Crippen molar-refractivity contribution in [3.05, 3.63) is 24.3 Å². The van der Waals surface area contributed by atoms with E-state index in [-0.39, 0.29) is 31.1 Å². The molecule has 0 spiro atoms. The van der Waals surface area contributed by atoms with Crippen LogP contribution in [0.4, 0.5) is 0 Å². The van der Waals surface area contributed by atoms with E-state index < -0.39 is 6.10 Å². The molecule has 1 atom stereocenters. The quantitative estimate of drug-likeness (QED) is 0.0267. The van der Waals surface area contributed by atoms with Crippen molar-refractivity contribution < 1.29 is 28.6 Å². The monoisotopic (exact) mass is 761 g/mol. The van der Waals surface area contributed by atoms with Crippen LogP contribution in [0.2, 0.25) is 0 Å². The summed E-state index contributed by atoms with van der Waals surface area (Å²) in [6.07, 6.45) is 47.4. The summed E-state index contributed by atoms with van der Waals surface area (Å²) in [6, 6.07) is 0. The van der Waals surface area contributed by atoms with Crippen LogP contribution in [0.1, 0.15) is 245 Å². The highest BCUT2D eigenvalue weighted by molar-refractivity contribution is 5.71. The molecule has 0 heterocycles. The average molecular weight is 761 g/mol. The molecule has 6 heteroatoms. The lowest BCUT2D eigenvalue weighted by Gasteiger charge is -2.18. The highest BCUT2D eigenvalue weighted by Gasteiger charge is 2.19. The van der Waals surface area contributed by atoms with E-state index in [9.17, 15) is 14.4 Å². The highest BCUT2D eigenvalue weighted by Crippen LogP contribution is 2.15. The van der Waals surface area contributed by atoms with Gasteiger partial charge in [-0.15, -0.1) is 0 Å². The first-order valence-corrected chi connectivity index (χ1v) is 23.3. The van der Waals surface area contributed by atoms with Crippen LogP contribution < -0.4 is 0 Å². The Morgan fingerprint density at radius 2 is 0.630 bits per heavy atom. The van der Waals surface area contributed by atoms with Crippen LogP contribution in [0.15, 0.2) is 24.3 Å². The van der Waals surface area contributed by atoms with E-state index in [1.54, 1.807) is 0 Å². The van der Waals surface area contributed by atoms with Gasteiger partial charge in [-0.05, 0) is 57.8 Å². The normalized spacial score (nSPS) is 12.1. The molecule has 54 heavy (non-hydrogen) atoms. The summed E-state index contributed by atoms with van der Waals surface area (Å²) in [4.78, 5) is 37.7. The van der Waals surface area contributed by atoms with Crippen molar-refractivity contribution in [3.8, 4) is 0 Å². The Morgan fingerprint density at radius 1 is 0.352 bits per heavy atom. The van der Waals surface area contributed by atoms with Crippen LogP contribution in [-0.2, 0) is 28.6 Å². The van der Waals surface area contributed by atoms with Gasteiger partial charge in [-0.1, -0.05) is 193 Å². The lowest BCUT2D eigenvalue weighted by Crippen LogP contribution is -2.30. The van der Waals surface area contributed by atoms with Crippen molar-refractivity contribution in [2.45, 2.75) is 252 Å². The van der Waals surface area contributed by atoms with E-state index in [1.165, 1.54) is 109 Å². The van der Waals surface area contributed by atoms with E-state index >= 15 is 0 Å². The maximum Gasteiger partial charge on any atom is 0.306 e. The summed E-state index contributed by atoms with van der Waals surface area (Å²) in [5.74, 6) is -0.899. The fourth-order valence-electron chi connectivity index (χ4n) is 6.58. The zero-order valence-electron chi connectivity index (χ0n) is 36.0. The van der Waals surface area contributed by atoms with Crippen LogP contribution >= 0.6 is 0 Å². The number of carbonyl (C=O) groups excluding carboxylic acids is 3. The van der Waals surface area contributed by atoms with E-state index in [0.717, 1.165) is 96.3 Å². The fraction of sp³-hybridized carbons (Fsp3) is 0.854. The molecular weight excluding hydrogens is 673 g/mol. The summed E-state index contributed by atoms with van der Waals surface area (Å²) in [7, 11) is 0. The van der Waals surface area contributed by atoms with Crippen molar-refractivity contribution in [1.82, 2.24) is 0 Å². The van der Waals surface area contributed by atoms with Crippen molar-refractivity contribution in [1.29, 1.82) is 0 Å². The fourth-order valence-corrected chi connectivity index (χ4v) is 6.58. The molecule has 0 saturated heterocycles. The number of unbranched alkanes of at least 4 members (excludes halogenated alkanes) is 27. The SMILES string of the molecule is CCCC/C=C\CCCCCCC(=O)OCC(COC(=O)CCCCCCCCCCCCCCCCCC)OC(=O)CCCCCC/C=C\CCCC. The first-order valence-electron chi connectivity index (χ1n) is 23.3. The second kappa shape index (κ2) is 43.6. The third-order valence-corrected chi connectivity index (χ3v) is 10.2. The van der Waals surface area contributed by atoms with Crippen molar-refractivity contribution in [2.75, 3.05) is 13.2 Å². The van der Waals surface area contributed by atoms with Crippen molar-refractivity contribution >= 4 is 17.9 Å². The molecule has 0 aliphatic heterocycles. The van der Waals surface area contributed by atoms with Crippen LogP contribution in [-0.4, -0.2) is 37.2 Å². The zero-order chi connectivity index (χ0) is 39.4. The van der Waals surface area contributed by atoms with Gasteiger partial charge < -0.3 is 14.2 Å². The predicted octanol–water partition coefficient (Wildman–Crippen LogP) is 14.8. The number of allylic oxidation sites excluding steroid dienone is 4. The van der Waals surface area contributed by atoms with Gasteiger partial charge in [0.15, 0.2) is 6.10 Å². The van der Waals surface area contributed by atoms with Gasteiger partial charge in [0, 0.05) is 19.3 Å². The summed E-state index contributed by atoms with van der Waals surface area (Å²) in [5.41, 5.74) is 0. The van der Waals surface area contributed by atoms with Gasteiger partial charge in [0.05, 0.1) is 0 Å². The summed E-state index contributed by atoms with van der Waals surface area (Å²) in [5, 5.41) is 0. The first-order chi connectivity index (χ1) is 26.5. The molecule has 0 radical (unpaired) electrons. The molecule has 0 fully saturated rings. The van der Waals surface area contributed by atoms with Crippen LogP contribution in [0.3, 0.4) is 0 Å². The summed E-state index contributed by atoms with van der Waals surface area (Å²) < 4.78 is 16.7. The number of rotatable bonds is 42. The minimum Gasteiger partial charge on any atom is -0.462 e. The number of ether oxygens (including phenoxy) is 3. The predicted molar refractivity (Wildman–Crippen MR) is 229 cm³/mol. The van der Waals surface area contributed by atoms with Gasteiger partial charge in [0.1, 0.15) is 13.2 Å². The Hall–Kier alpha value is -2.11. The number of hydrogen-bond donors (Lipinski definition) is 0. The molecule has 0 aromatic rings. The van der Waals surface area contributed by atoms with Gasteiger partial charge in [-0.25, -0.2) is 0 Å². The van der Waals surface area contributed by atoms with Gasteiger partial charge >= 0.3 is 17.9 Å². The molecule has 0 aromatic carbocycles. The molecule has 0 aromatic heterocycles. The van der Waals surface area contributed by atoms with Gasteiger partial charge in [-0.3, -0.25) is 14.4 Å². The lowest BCUT2D eigenvalue weighted by atomic mass is 10.0. The van der Waals surface area contributed by atoms with Crippen LogP contribution in [0, 0.1) is 0 Å². The Kier molecular flexibility index (Phi) is 41.9. The first kappa shape index (κ1) is 51.9. The Morgan fingerprint density at radius 3 is 0.981 bits per heavy atom. The average Bonchev–Trinajstić information content (AvgIpc) is 3.17. The molecule has 1 unspecified atom stereocenters. The maximum absolute atomic E-state index is 12.7. The minimum atomic E-state index is -0.774. The topological polar surface area (TPSA) is 78.9 Å². The van der Waals surface area contributed by atoms with Gasteiger partial charge in [-0.2, -0.15) is 0 Å². The standard InChI is InChI=1S/C48H88O6/c1-4-7-10-13-16-19-22-23-24-25-26-27-30-32-35-38-41-47(50)53-44-45(54-48(51)42-39-36-33-29-21-18-15-12-9-6-3)43-52-46(49)40-37-34-31-28-20-17-14-11-8-5-2/h14-15,17-18,45H,4-13,16,19-44H2,1-3H3/b17-14-,18-15-. The Labute approximate surface area is 334 Å².